The Morgan fingerprint density at radius 2 is 2.06 bits per heavy atom. The molecule has 1 aliphatic carbocycles. The van der Waals surface area contributed by atoms with Crippen molar-refractivity contribution in [1.29, 1.82) is 0 Å². The number of rotatable bonds is 3. The van der Waals surface area contributed by atoms with Crippen LogP contribution in [0, 0.1) is 5.92 Å². The number of nitrogens with zero attached hydrogens (tertiary/aromatic N) is 2. The van der Waals surface area contributed by atoms with Gasteiger partial charge in [0.1, 0.15) is 6.10 Å². The number of esters is 1. The molecular formula is C13H18N2O3. The Morgan fingerprint density at radius 3 is 2.67 bits per heavy atom. The number of carbonyl (C=O) groups is 1. The first-order chi connectivity index (χ1) is 8.70. The van der Waals surface area contributed by atoms with Crippen LogP contribution in [0.4, 0.5) is 0 Å². The van der Waals surface area contributed by atoms with E-state index in [-0.39, 0.29) is 11.8 Å². The second-order valence-corrected chi connectivity index (χ2v) is 4.65. The SMILES string of the molecule is COC(=O)c1cnc(OC2CCCCC2C)cn1. The smallest absolute Gasteiger partial charge is 0.358 e. The van der Waals surface area contributed by atoms with Crippen molar-refractivity contribution in [2.24, 2.45) is 5.92 Å². The summed E-state index contributed by atoms with van der Waals surface area (Å²) in [6, 6.07) is 0. The predicted molar refractivity (Wildman–Crippen MR) is 65.4 cm³/mol. The molecule has 0 bridgehead atoms. The van der Waals surface area contributed by atoms with E-state index >= 15 is 0 Å². The fourth-order valence-electron chi connectivity index (χ4n) is 2.20. The number of hydrogen-bond donors (Lipinski definition) is 0. The zero-order valence-corrected chi connectivity index (χ0v) is 10.8. The zero-order chi connectivity index (χ0) is 13.0. The number of ether oxygens (including phenoxy) is 2. The summed E-state index contributed by atoms with van der Waals surface area (Å²) in [5, 5.41) is 0. The summed E-state index contributed by atoms with van der Waals surface area (Å²) in [4.78, 5) is 19.3. The Labute approximate surface area is 107 Å². The summed E-state index contributed by atoms with van der Waals surface area (Å²) in [6.07, 6.45) is 7.79. The van der Waals surface area contributed by atoms with Crippen LogP contribution in [0.5, 0.6) is 5.88 Å². The highest BCUT2D eigenvalue weighted by Crippen LogP contribution is 2.27. The summed E-state index contributed by atoms with van der Waals surface area (Å²) >= 11 is 0. The lowest BCUT2D eigenvalue weighted by Gasteiger charge is -2.28. The number of methoxy groups -OCH3 is 1. The highest BCUT2D eigenvalue weighted by Gasteiger charge is 2.23. The third kappa shape index (κ3) is 2.97. The van der Waals surface area contributed by atoms with Gasteiger partial charge in [0.25, 0.3) is 0 Å². The van der Waals surface area contributed by atoms with Gasteiger partial charge in [0.15, 0.2) is 5.69 Å². The predicted octanol–water partition coefficient (Wildman–Crippen LogP) is 2.22. The lowest BCUT2D eigenvalue weighted by atomic mass is 9.88. The van der Waals surface area contributed by atoms with Crippen LogP contribution in [-0.4, -0.2) is 29.2 Å². The minimum atomic E-state index is -0.486. The average molecular weight is 250 g/mol. The molecule has 0 amide bonds. The summed E-state index contributed by atoms with van der Waals surface area (Å²) in [5.41, 5.74) is 0.196. The van der Waals surface area contributed by atoms with Crippen LogP contribution in [0.1, 0.15) is 43.1 Å². The lowest BCUT2D eigenvalue weighted by Crippen LogP contribution is -2.28. The molecule has 0 saturated heterocycles. The number of aromatic nitrogens is 2. The van der Waals surface area contributed by atoms with E-state index in [0.717, 1.165) is 6.42 Å². The zero-order valence-electron chi connectivity index (χ0n) is 10.8. The molecule has 0 radical (unpaired) electrons. The Hall–Kier alpha value is -1.65. The second-order valence-electron chi connectivity index (χ2n) is 4.65. The standard InChI is InChI=1S/C13H18N2O3/c1-9-5-3-4-6-11(9)18-12-8-14-10(7-15-12)13(16)17-2/h7-9,11H,3-6H2,1-2H3. The minimum Gasteiger partial charge on any atom is -0.473 e. The average Bonchev–Trinajstić information content (AvgIpc) is 2.41. The summed E-state index contributed by atoms with van der Waals surface area (Å²) < 4.78 is 10.4. The maximum absolute atomic E-state index is 11.2. The van der Waals surface area contributed by atoms with E-state index in [0.29, 0.717) is 11.8 Å². The molecule has 2 atom stereocenters. The fourth-order valence-corrected chi connectivity index (χ4v) is 2.20. The minimum absolute atomic E-state index is 0.196. The van der Waals surface area contributed by atoms with Gasteiger partial charge in [0.2, 0.25) is 5.88 Å². The largest absolute Gasteiger partial charge is 0.473 e. The first-order valence-electron chi connectivity index (χ1n) is 6.27. The van der Waals surface area contributed by atoms with Gasteiger partial charge >= 0.3 is 5.97 Å². The Balaban J connectivity index is 1.99. The van der Waals surface area contributed by atoms with E-state index in [1.165, 1.54) is 38.8 Å². The first-order valence-corrected chi connectivity index (χ1v) is 6.27. The van der Waals surface area contributed by atoms with E-state index in [1.807, 2.05) is 0 Å². The maximum Gasteiger partial charge on any atom is 0.358 e. The molecule has 2 rings (SSSR count). The molecule has 1 aromatic rings. The van der Waals surface area contributed by atoms with Gasteiger partial charge in [-0.25, -0.2) is 14.8 Å². The van der Waals surface area contributed by atoms with Crippen molar-refractivity contribution in [3.8, 4) is 5.88 Å². The Morgan fingerprint density at radius 1 is 1.28 bits per heavy atom. The molecule has 1 aromatic heterocycles. The molecule has 2 unspecified atom stereocenters. The fraction of sp³-hybridized carbons (Fsp3) is 0.615. The molecule has 5 nitrogen and oxygen atoms in total. The van der Waals surface area contributed by atoms with Crippen molar-refractivity contribution < 1.29 is 14.3 Å². The van der Waals surface area contributed by atoms with Crippen LogP contribution in [-0.2, 0) is 4.74 Å². The van der Waals surface area contributed by atoms with Gasteiger partial charge in [-0.15, -0.1) is 0 Å². The van der Waals surface area contributed by atoms with Gasteiger partial charge in [-0.2, -0.15) is 0 Å². The van der Waals surface area contributed by atoms with Crippen molar-refractivity contribution in [3.05, 3.63) is 18.1 Å². The molecule has 18 heavy (non-hydrogen) atoms. The third-order valence-corrected chi connectivity index (χ3v) is 3.33. The maximum atomic E-state index is 11.2. The summed E-state index contributed by atoms with van der Waals surface area (Å²) in [6.45, 7) is 2.19. The molecule has 5 heteroatoms. The molecule has 1 saturated carbocycles. The molecule has 0 spiro atoms. The lowest BCUT2D eigenvalue weighted by molar-refractivity contribution is 0.0592. The molecule has 1 heterocycles. The van der Waals surface area contributed by atoms with Crippen LogP contribution >= 0.6 is 0 Å². The highest BCUT2D eigenvalue weighted by molar-refractivity contribution is 5.86. The van der Waals surface area contributed by atoms with Crippen LogP contribution in [0.3, 0.4) is 0 Å². The summed E-state index contributed by atoms with van der Waals surface area (Å²) in [7, 11) is 1.32. The van der Waals surface area contributed by atoms with E-state index in [1.54, 1.807) is 0 Å². The highest BCUT2D eigenvalue weighted by atomic mass is 16.5. The van der Waals surface area contributed by atoms with Crippen LogP contribution < -0.4 is 4.74 Å². The molecule has 1 aliphatic rings. The second kappa shape index (κ2) is 5.80. The van der Waals surface area contributed by atoms with Gasteiger partial charge in [-0.1, -0.05) is 13.3 Å². The number of carbonyl (C=O) groups excluding carboxylic acids is 1. The van der Waals surface area contributed by atoms with Gasteiger partial charge in [-0.05, 0) is 25.2 Å². The quantitative estimate of drug-likeness (QED) is 0.770. The Kier molecular flexibility index (Phi) is 4.12. The van der Waals surface area contributed by atoms with Gasteiger partial charge in [0.05, 0.1) is 19.5 Å². The van der Waals surface area contributed by atoms with Gasteiger partial charge in [0, 0.05) is 0 Å². The van der Waals surface area contributed by atoms with Crippen molar-refractivity contribution in [1.82, 2.24) is 9.97 Å². The molecule has 98 valence electrons. The van der Waals surface area contributed by atoms with Crippen molar-refractivity contribution in [2.75, 3.05) is 7.11 Å². The monoisotopic (exact) mass is 250 g/mol. The van der Waals surface area contributed by atoms with Crippen molar-refractivity contribution in [3.63, 3.8) is 0 Å². The van der Waals surface area contributed by atoms with E-state index in [9.17, 15) is 4.79 Å². The van der Waals surface area contributed by atoms with E-state index < -0.39 is 5.97 Å². The Bertz CT molecular complexity index is 405. The normalized spacial score (nSPS) is 23.4. The molecule has 1 fully saturated rings. The number of hydrogen-bond acceptors (Lipinski definition) is 5. The third-order valence-electron chi connectivity index (χ3n) is 3.33. The molecular weight excluding hydrogens is 232 g/mol. The van der Waals surface area contributed by atoms with Crippen molar-refractivity contribution >= 4 is 5.97 Å². The molecule has 0 aliphatic heterocycles. The topological polar surface area (TPSA) is 61.3 Å². The van der Waals surface area contributed by atoms with Crippen LogP contribution in [0.15, 0.2) is 12.4 Å². The van der Waals surface area contributed by atoms with E-state index in [4.69, 9.17) is 4.74 Å². The van der Waals surface area contributed by atoms with Crippen LogP contribution in [0.2, 0.25) is 0 Å². The summed E-state index contributed by atoms with van der Waals surface area (Å²) in [5.74, 6) is 0.530. The van der Waals surface area contributed by atoms with Crippen molar-refractivity contribution in [2.45, 2.75) is 38.7 Å². The first kappa shape index (κ1) is 12.8. The molecule has 0 N–H and O–H groups in total. The van der Waals surface area contributed by atoms with Crippen LogP contribution in [0.25, 0.3) is 0 Å². The van der Waals surface area contributed by atoms with E-state index in [2.05, 4.69) is 21.6 Å². The molecule has 0 aromatic carbocycles. The van der Waals surface area contributed by atoms with Gasteiger partial charge < -0.3 is 9.47 Å². The van der Waals surface area contributed by atoms with Gasteiger partial charge in [-0.3, -0.25) is 0 Å².